The predicted molar refractivity (Wildman–Crippen MR) is 102 cm³/mol. The smallest absolute Gasteiger partial charge is 0.254 e. The molecule has 1 aromatic heterocycles. The van der Waals surface area contributed by atoms with Crippen molar-refractivity contribution in [1.82, 2.24) is 14.8 Å². The average molecular weight is 353 g/mol. The normalized spacial score (nSPS) is 15.6. The van der Waals surface area contributed by atoms with Gasteiger partial charge in [0, 0.05) is 50.7 Å². The molecule has 26 heavy (non-hydrogen) atoms. The Bertz CT molecular complexity index is 663. The third kappa shape index (κ3) is 5.64. The van der Waals surface area contributed by atoms with Gasteiger partial charge in [0.15, 0.2) is 0 Å². The third-order valence-electron chi connectivity index (χ3n) is 4.68. The number of ether oxygens (including phenoxy) is 1. The SMILES string of the molecule is O=C(c1ccncc1)N1CCCN(CCCOCc2ccccc2)CC1. The number of aromatic nitrogens is 1. The number of pyridine rings is 1. The molecule has 3 rings (SSSR count). The zero-order valence-corrected chi connectivity index (χ0v) is 15.2. The van der Waals surface area contributed by atoms with E-state index in [4.69, 9.17) is 4.74 Å². The van der Waals surface area contributed by atoms with Gasteiger partial charge in [-0.2, -0.15) is 0 Å². The minimum absolute atomic E-state index is 0.112. The summed E-state index contributed by atoms with van der Waals surface area (Å²) in [5.41, 5.74) is 1.94. The Labute approximate surface area is 155 Å². The molecule has 0 aliphatic carbocycles. The molecule has 2 heterocycles. The van der Waals surface area contributed by atoms with E-state index in [-0.39, 0.29) is 5.91 Å². The fraction of sp³-hybridized carbons (Fsp3) is 0.429. The lowest BCUT2D eigenvalue weighted by Gasteiger charge is -2.22. The van der Waals surface area contributed by atoms with Crippen LogP contribution in [0.25, 0.3) is 0 Å². The van der Waals surface area contributed by atoms with Crippen LogP contribution in [0.5, 0.6) is 0 Å². The highest BCUT2D eigenvalue weighted by Crippen LogP contribution is 2.09. The first-order chi connectivity index (χ1) is 12.8. The highest BCUT2D eigenvalue weighted by atomic mass is 16.5. The van der Waals surface area contributed by atoms with Crippen molar-refractivity contribution < 1.29 is 9.53 Å². The average Bonchev–Trinajstić information content (AvgIpc) is 2.94. The second kappa shape index (κ2) is 10.0. The second-order valence-corrected chi connectivity index (χ2v) is 6.62. The molecule has 0 bridgehead atoms. The van der Waals surface area contributed by atoms with E-state index in [1.807, 2.05) is 23.1 Å². The van der Waals surface area contributed by atoms with Crippen molar-refractivity contribution in [2.24, 2.45) is 0 Å². The molecule has 0 saturated carbocycles. The zero-order valence-electron chi connectivity index (χ0n) is 15.2. The van der Waals surface area contributed by atoms with Gasteiger partial charge in [-0.1, -0.05) is 30.3 Å². The van der Waals surface area contributed by atoms with E-state index in [0.29, 0.717) is 6.61 Å². The first-order valence-electron chi connectivity index (χ1n) is 9.36. The lowest BCUT2D eigenvalue weighted by Crippen LogP contribution is -2.35. The highest BCUT2D eigenvalue weighted by Gasteiger charge is 2.19. The summed E-state index contributed by atoms with van der Waals surface area (Å²) in [4.78, 5) is 20.9. The Balaban J connectivity index is 1.35. The summed E-state index contributed by atoms with van der Waals surface area (Å²) in [5, 5.41) is 0. The van der Waals surface area contributed by atoms with Crippen LogP contribution in [0.15, 0.2) is 54.9 Å². The fourth-order valence-electron chi connectivity index (χ4n) is 3.23. The minimum atomic E-state index is 0.112. The first-order valence-corrected chi connectivity index (χ1v) is 9.36. The van der Waals surface area contributed by atoms with Crippen LogP contribution < -0.4 is 0 Å². The Morgan fingerprint density at radius 1 is 1.00 bits per heavy atom. The molecular weight excluding hydrogens is 326 g/mol. The number of carbonyl (C=O) groups excluding carboxylic acids is 1. The molecule has 1 aliphatic rings. The molecule has 5 nitrogen and oxygen atoms in total. The standard InChI is InChI=1S/C21H27N3O2/c25-21(20-8-10-22-11-9-20)24-14-4-12-23(15-16-24)13-5-17-26-18-19-6-2-1-3-7-19/h1-3,6-11H,4-5,12-18H2. The van der Waals surface area contributed by atoms with Gasteiger partial charge in [-0.25, -0.2) is 0 Å². The maximum absolute atomic E-state index is 12.6. The number of benzene rings is 1. The molecule has 2 aromatic rings. The van der Waals surface area contributed by atoms with Crippen LogP contribution in [0.3, 0.4) is 0 Å². The van der Waals surface area contributed by atoms with Gasteiger partial charge in [-0.3, -0.25) is 9.78 Å². The van der Waals surface area contributed by atoms with Crippen molar-refractivity contribution in [2.45, 2.75) is 19.4 Å². The van der Waals surface area contributed by atoms with Crippen LogP contribution in [0.1, 0.15) is 28.8 Å². The first kappa shape index (κ1) is 18.5. The molecule has 1 amide bonds. The molecule has 138 valence electrons. The van der Waals surface area contributed by atoms with E-state index in [1.165, 1.54) is 5.56 Å². The Kier molecular flexibility index (Phi) is 7.16. The lowest BCUT2D eigenvalue weighted by molar-refractivity contribution is 0.0759. The lowest BCUT2D eigenvalue weighted by atomic mass is 10.2. The van der Waals surface area contributed by atoms with Gasteiger partial charge in [-0.05, 0) is 37.1 Å². The van der Waals surface area contributed by atoms with Crippen molar-refractivity contribution in [3.63, 3.8) is 0 Å². The third-order valence-corrected chi connectivity index (χ3v) is 4.68. The molecule has 0 N–H and O–H groups in total. The van der Waals surface area contributed by atoms with Gasteiger partial charge in [0.25, 0.3) is 5.91 Å². The molecule has 1 aliphatic heterocycles. The van der Waals surface area contributed by atoms with Crippen molar-refractivity contribution in [1.29, 1.82) is 0 Å². The summed E-state index contributed by atoms with van der Waals surface area (Å²) >= 11 is 0. The van der Waals surface area contributed by atoms with Gasteiger partial charge >= 0.3 is 0 Å². The van der Waals surface area contributed by atoms with E-state index >= 15 is 0 Å². The van der Waals surface area contributed by atoms with Gasteiger partial charge in [0.2, 0.25) is 0 Å². The van der Waals surface area contributed by atoms with Crippen LogP contribution >= 0.6 is 0 Å². The quantitative estimate of drug-likeness (QED) is 0.718. The van der Waals surface area contributed by atoms with Gasteiger partial charge < -0.3 is 14.5 Å². The van der Waals surface area contributed by atoms with E-state index < -0.39 is 0 Å². The summed E-state index contributed by atoms with van der Waals surface area (Å²) in [6, 6.07) is 13.8. The monoisotopic (exact) mass is 353 g/mol. The van der Waals surface area contributed by atoms with E-state index in [1.54, 1.807) is 24.5 Å². The number of hydrogen-bond acceptors (Lipinski definition) is 4. The topological polar surface area (TPSA) is 45.7 Å². The second-order valence-electron chi connectivity index (χ2n) is 6.62. The Hall–Kier alpha value is -2.24. The number of rotatable bonds is 7. The molecule has 1 aromatic carbocycles. The van der Waals surface area contributed by atoms with Crippen LogP contribution in [-0.2, 0) is 11.3 Å². The van der Waals surface area contributed by atoms with Crippen molar-refractivity contribution in [2.75, 3.05) is 39.3 Å². The van der Waals surface area contributed by atoms with Crippen molar-refractivity contribution >= 4 is 5.91 Å². The molecule has 0 atom stereocenters. The van der Waals surface area contributed by atoms with E-state index in [2.05, 4.69) is 22.0 Å². The summed E-state index contributed by atoms with van der Waals surface area (Å²) in [7, 11) is 0. The van der Waals surface area contributed by atoms with Crippen LogP contribution in [0.4, 0.5) is 0 Å². The number of hydrogen-bond donors (Lipinski definition) is 0. The number of carbonyl (C=O) groups is 1. The van der Waals surface area contributed by atoms with Crippen molar-refractivity contribution in [3.8, 4) is 0 Å². The van der Waals surface area contributed by atoms with E-state index in [0.717, 1.165) is 57.7 Å². The largest absolute Gasteiger partial charge is 0.377 e. The summed E-state index contributed by atoms with van der Waals surface area (Å²) in [6.07, 6.45) is 5.38. The summed E-state index contributed by atoms with van der Waals surface area (Å²) < 4.78 is 5.76. The number of nitrogens with zero attached hydrogens (tertiary/aromatic N) is 3. The minimum Gasteiger partial charge on any atom is -0.377 e. The molecule has 5 heteroatoms. The van der Waals surface area contributed by atoms with Crippen LogP contribution in [0.2, 0.25) is 0 Å². The molecule has 1 fully saturated rings. The molecule has 0 unspecified atom stereocenters. The van der Waals surface area contributed by atoms with Crippen LogP contribution in [0, 0.1) is 0 Å². The zero-order chi connectivity index (χ0) is 18.0. The Morgan fingerprint density at radius 2 is 1.81 bits per heavy atom. The summed E-state index contributed by atoms with van der Waals surface area (Å²) in [6.45, 7) is 6.04. The predicted octanol–water partition coefficient (Wildman–Crippen LogP) is 2.84. The molecule has 1 saturated heterocycles. The highest BCUT2D eigenvalue weighted by molar-refractivity contribution is 5.94. The van der Waals surface area contributed by atoms with Gasteiger partial charge in [0.05, 0.1) is 6.61 Å². The number of amides is 1. The molecule has 0 radical (unpaired) electrons. The maximum Gasteiger partial charge on any atom is 0.254 e. The fourth-order valence-corrected chi connectivity index (χ4v) is 3.23. The molecular formula is C21H27N3O2. The Morgan fingerprint density at radius 3 is 2.62 bits per heavy atom. The van der Waals surface area contributed by atoms with Gasteiger partial charge in [0.1, 0.15) is 0 Å². The van der Waals surface area contributed by atoms with Gasteiger partial charge in [-0.15, -0.1) is 0 Å². The van der Waals surface area contributed by atoms with Crippen molar-refractivity contribution in [3.05, 3.63) is 66.0 Å². The van der Waals surface area contributed by atoms with Crippen LogP contribution in [-0.4, -0.2) is 60.0 Å². The molecule has 0 spiro atoms. The maximum atomic E-state index is 12.6. The van der Waals surface area contributed by atoms with E-state index in [9.17, 15) is 4.79 Å². The summed E-state index contributed by atoms with van der Waals surface area (Å²) in [5.74, 6) is 0.112.